The van der Waals surface area contributed by atoms with Crippen molar-refractivity contribution in [3.63, 3.8) is 0 Å². The first kappa shape index (κ1) is 11.5. The van der Waals surface area contributed by atoms with Gasteiger partial charge in [0.25, 0.3) is 0 Å². The Balaban J connectivity index is 2.18. The van der Waals surface area contributed by atoms with Crippen molar-refractivity contribution < 1.29 is 4.79 Å². The summed E-state index contributed by atoms with van der Waals surface area (Å²) in [6, 6.07) is 0.286. The zero-order chi connectivity index (χ0) is 10.4. The van der Waals surface area contributed by atoms with Gasteiger partial charge in [-0.15, -0.1) is 0 Å². The Hall–Kier alpha value is -0.570. The van der Waals surface area contributed by atoms with E-state index >= 15 is 0 Å². The van der Waals surface area contributed by atoms with E-state index < -0.39 is 0 Å². The first-order chi connectivity index (χ1) is 6.72. The zero-order valence-electron chi connectivity index (χ0n) is 9.09. The van der Waals surface area contributed by atoms with Crippen molar-refractivity contribution in [2.24, 2.45) is 11.7 Å². The lowest BCUT2D eigenvalue weighted by molar-refractivity contribution is -0.120. The third-order valence-corrected chi connectivity index (χ3v) is 3.00. The molecule has 1 fully saturated rings. The molecule has 0 bridgehead atoms. The van der Waals surface area contributed by atoms with Crippen molar-refractivity contribution in [1.82, 2.24) is 5.32 Å². The van der Waals surface area contributed by atoms with Gasteiger partial charge in [0.05, 0.1) is 6.54 Å². The molecule has 1 aliphatic carbocycles. The minimum Gasteiger partial charge on any atom is -0.353 e. The van der Waals surface area contributed by atoms with Crippen LogP contribution in [0.25, 0.3) is 0 Å². The van der Waals surface area contributed by atoms with Crippen LogP contribution in [0.5, 0.6) is 0 Å². The van der Waals surface area contributed by atoms with Crippen LogP contribution in [0.4, 0.5) is 0 Å². The molecule has 1 aliphatic rings. The van der Waals surface area contributed by atoms with Crippen molar-refractivity contribution in [2.45, 2.75) is 51.5 Å². The highest BCUT2D eigenvalue weighted by atomic mass is 16.1. The number of amides is 1. The van der Waals surface area contributed by atoms with E-state index in [9.17, 15) is 4.79 Å². The largest absolute Gasteiger partial charge is 0.353 e. The maximum Gasteiger partial charge on any atom is 0.233 e. The van der Waals surface area contributed by atoms with Crippen LogP contribution in [-0.2, 0) is 4.79 Å². The van der Waals surface area contributed by atoms with Crippen LogP contribution in [0.1, 0.15) is 45.4 Å². The van der Waals surface area contributed by atoms with Crippen molar-refractivity contribution in [2.75, 3.05) is 6.54 Å². The van der Waals surface area contributed by atoms with Gasteiger partial charge in [0, 0.05) is 6.04 Å². The Labute approximate surface area is 86.4 Å². The Bertz CT molecular complexity index is 176. The van der Waals surface area contributed by atoms with E-state index in [0.29, 0.717) is 0 Å². The second kappa shape index (κ2) is 6.02. The van der Waals surface area contributed by atoms with Gasteiger partial charge >= 0.3 is 0 Å². The number of nitrogens with two attached hydrogens (primary N) is 1. The topological polar surface area (TPSA) is 55.1 Å². The lowest BCUT2D eigenvalue weighted by Crippen LogP contribution is -2.38. The lowest BCUT2D eigenvalue weighted by atomic mass is 9.85. The number of rotatable bonds is 4. The van der Waals surface area contributed by atoms with E-state index in [2.05, 4.69) is 12.2 Å². The van der Waals surface area contributed by atoms with Gasteiger partial charge in [-0.05, 0) is 19.3 Å². The molecule has 1 saturated carbocycles. The van der Waals surface area contributed by atoms with Crippen molar-refractivity contribution >= 4 is 5.91 Å². The molecule has 1 unspecified atom stereocenters. The molecule has 3 nitrogen and oxygen atoms in total. The molecule has 0 aromatic rings. The smallest absolute Gasteiger partial charge is 0.233 e. The SMILES string of the molecule is CC(CC1CCCCC1)NC(=O)CN. The average Bonchev–Trinajstić information content (AvgIpc) is 2.19. The molecule has 0 radical (unpaired) electrons. The van der Waals surface area contributed by atoms with Gasteiger partial charge in [-0.25, -0.2) is 0 Å². The van der Waals surface area contributed by atoms with E-state index in [0.717, 1.165) is 12.3 Å². The van der Waals surface area contributed by atoms with E-state index in [1.807, 2.05) is 0 Å². The van der Waals surface area contributed by atoms with Crippen LogP contribution < -0.4 is 11.1 Å². The number of carbonyl (C=O) groups excluding carboxylic acids is 1. The van der Waals surface area contributed by atoms with Gasteiger partial charge in [0.1, 0.15) is 0 Å². The van der Waals surface area contributed by atoms with Crippen LogP contribution in [-0.4, -0.2) is 18.5 Å². The first-order valence-corrected chi connectivity index (χ1v) is 5.71. The highest BCUT2D eigenvalue weighted by Gasteiger charge is 2.16. The molecule has 0 saturated heterocycles. The van der Waals surface area contributed by atoms with Gasteiger partial charge in [-0.1, -0.05) is 32.1 Å². The third-order valence-electron chi connectivity index (χ3n) is 3.00. The number of nitrogens with one attached hydrogen (secondary N) is 1. The molecule has 3 heteroatoms. The summed E-state index contributed by atoms with van der Waals surface area (Å²) >= 11 is 0. The predicted octanol–water partition coefficient (Wildman–Crippen LogP) is 1.42. The predicted molar refractivity (Wildman–Crippen MR) is 57.9 cm³/mol. The minimum absolute atomic E-state index is 0.0340. The molecule has 1 atom stereocenters. The summed E-state index contributed by atoms with van der Waals surface area (Å²) in [6.45, 7) is 2.18. The number of hydrogen-bond acceptors (Lipinski definition) is 2. The fraction of sp³-hybridized carbons (Fsp3) is 0.909. The second-order valence-corrected chi connectivity index (χ2v) is 4.41. The van der Waals surface area contributed by atoms with Crippen LogP contribution >= 0.6 is 0 Å². The van der Waals surface area contributed by atoms with Gasteiger partial charge in [-0.2, -0.15) is 0 Å². The molecule has 0 heterocycles. The molecule has 14 heavy (non-hydrogen) atoms. The molecule has 0 aliphatic heterocycles. The third kappa shape index (κ3) is 4.09. The van der Waals surface area contributed by atoms with Crippen LogP contribution in [0.3, 0.4) is 0 Å². The molecule has 0 aromatic heterocycles. The van der Waals surface area contributed by atoms with Gasteiger partial charge < -0.3 is 11.1 Å². The normalized spacial score (nSPS) is 20.4. The summed E-state index contributed by atoms with van der Waals surface area (Å²) in [7, 11) is 0. The highest BCUT2D eigenvalue weighted by molar-refractivity contribution is 5.77. The van der Waals surface area contributed by atoms with E-state index in [1.54, 1.807) is 0 Å². The van der Waals surface area contributed by atoms with Crippen LogP contribution in [0.2, 0.25) is 0 Å². The monoisotopic (exact) mass is 198 g/mol. The number of hydrogen-bond donors (Lipinski definition) is 2. The summed E-state index contributed by atoms with van der Waals surface area (Å²) in [6.07, 6.45) is 7.90. The average molecular weight is 198 g/mol. The van der Waals surface area contributed by atoms with Crippen LogP contribution in [0, 0.1) is 5.92 Å². The van der Waals surface area contributed by atoms with E-state index in [4.69, 9.17) is 5.73 Å². The molecule has 0 aromatic carbocycles. The Morgan fingerprint density at radius 1 is 1.43 bits per heavy atom. The second-order valence-electron chi connectivity index (χ2n) is 4.41. The van der Waals surface area contributed by atoms with E-state index in [1.165, 1.54) is 32.1 Å². The molecule has 3 N–H and O–H groups in total. The lowest BCUT2D eigenvalue weighted by Gasteiger charge is -2.24. The summed E-state index contributed by atoms with van der Waals surface area (Å²) in [5, 5.41) is 2.91. The Kier molecular flexibility index (Phi) is 4.94. The van der Waals surface area contributed by atoms with Gasteiger partial charge in [0.2, 0.25) is 5.91 Å². The fourth-order valence-corrected chi connectivity index (χ4v) is 2.32. The van der Waals surface area contributed by atoms with Gasteiger partial charge in [-0.3, -0.25) is 4.79 Å². The zero-order valence-corrected chi connectivity index (χ0v) is 9.09. The Morgan fingerprint density at radius 3 is 2.64 bits per heavy atom. The van der Waals surface area contributed by atoms with Crippen molar-refractivity contribution in [3.05, 3.63) is 0 Å². The Morgan fingerprint density at radius 2 is 2.07 bits per heavy atom. The minimum atomic E-state index is -0.0340. The molecular formula is C11H22N2O. The first-order valence-electron chi connectivity index (χ1n) is 5.71. The summed E-state index contributed by atoms with van der Waals surface area (Å²) in [4.78, 5) is 11.0. The highest BCUT2D eigenvalue weighted by Crippen LogP contribution is 2.27. The molecule has 1 amide bonds. The molecular weight excluding hydrogens is 176 g/mol. The summed E-state index contributed by atoms with van der Waals surface area (Å²) < 4.78 is 0. The molecule has 82 valence electrons. The van der Waals surface area contributed by atoms with Crippen molar-refractivity contribution in [1.29, 1.82) is 0 Å². The van der Waals surface area contributed by atoms with Crippen LogP contribution in [0.15, 0.2) is 0 Å². The molecule has 1 rings (SSSR count). The summed E-state index contributed by atoms with van der Waals surface area (Å²) in [5.74, 6) is 0.783. The fourth-order valence-electron chi connectivity index (χ4n) is 2.32. The standard InChI is InChI=1S/C11H22N2O/c1-9(13-11(14)8-12)7-10-5-3-2-4-6-10/h9-10H,2-8,12H2,1H3,(H,13,14). The summed E-state index contributed by atoms with van der Waals surface area (Å²) in [5.41, 5.74) is 5.24. The maximum absolute atomic E-state index is 11.0. The van der Waals surface area contributed by atoms with Gasteiger partial charge in [0.15, 0.2) is 0 Å². The molecule has 0 spiro atoms. The quantitative estimate of drug-likeness (QED) is 0.718. The van der Waals surface area contributed by atoms with Crippen molar-refractivity contribution in [3.8, 4) is 0 Å². The van der Waals surface area contributed by atoms with E-state index in [-0.39, 0.29) is 18.5 Å². The number of carbonyl (C=O) groups is 1. The maximum atomic E-state index is 11.0.